The number of nitrogen functional groups attached to an aromatic ring is 1. The molecule has 0 saturated heterocycles. The van der Waals surface area contributed by atoms with Gasteiger partial charge in [-0.1, -0.05) is 0 Å². The minimum absolute atomic E-state index is 0.0725. The van der Waals surface area contributed by atoms with Crippen molar-refractivity contribution in [3.8, 4) is 0 Å². The summed E-state index contributed by atoms with van der Waals surface area (Å²) in [6.07, 6.45) is 4.20. The first kappa shape index (κ1) is 15.1. The van der Waals surface area contributed by atoms with E-state index < -0.39 is 10.0 Å². The molecule has 0 atom stereocenters. The second-order valence-corrected chi connectivity index (χ2v) is 6.47. The minimum atomic E-state index is -3.68. The Hall–Kier alpha value is -0.920. The van der Waals surface area contributed by atoms with Crippen molar-refractivity contribution in [1.82, 2.24) is 0 Å². The average molecular weight is 289 g/mol. The fraction of sp³-hybridized carbons (Fsp3) is 0.455. The van der Waals surface area contributed by atoms with Gasteiger partial charge in [0.2, 0.25) is 10.0 Å². The van der Waals surface area contributed by atoms with E-state index in [1.807, 2.05) is 11.8 Å². The molecule has 0 aromatic heterocycles. The summed E-state index contributed by atoms with van der Waals surface area (Å²) in [5, 5.41) is 8.20. The van der Waals surface area contributed by atoms with E-state index in [1.165, 1.54) is 12.1 Å². The lowest BCUT2D eigenvalue weighted by Gasteiger charge is -2.10. The van der Waals surface area contributed by atoms with Crippen LogP contribution in [0.1, 0.15) is 12.8 Å². The van der Waals surface area contributed by atoms with Crippen LogP contribution in [0.2, 0.25) is 0 Å². The smallest absolute Gasteiger partial charge is 0.238 e. The number of anilines is 2. The molecule has 18 heavy (non-hydrogen) atoms. The van der Waals surface area contributed by atoms with Gasteiger partial charge in [0.05, 0.1) is 16.3 Å². The zero-order valence-corrected chi connectivity index (χ0v) is 12.0. The molecule has 0 aliphatic heterocycles. The molecule has 0 aliphatic rings. The van der Waals surface area contributed by atoms with Crippen molar-refractivity contribution in [2.75, 3.05) is 29.6 Å². The minimum Gasteiger partial charge on any atom is -0.397 e. The van der Waals surface area contributed by atoms with Crippen LogP contribution < -0.4 is 16.2 Å². The Kier molecular flexibility index (Phi) is 5.77. The van der Waals surface area contributed by atoms with E-state index in [2.05, 4.69) is 11.6 Å². The SMILES string of the molecule is CSCCCCNc1cc(S(N)(=O)=O)ccc1N. The van der Waals surface area contributed by atoms with E-state index in [-0.39, 0.29) is 4.90 Å². The van der Waals surface area contributed by atoms with Crippen LogP contribution in [-0.4, -0.2) is 27.0 Å². The maximum absolute atomic E-state index is 11.2. The molecule has 5 N–H and O–H groups in total. The van der Waals surface area contributed by atoms with Crippen LogP contribution >= 0.6 is 11.8 Å². The lowest BCUT2D eigenvalue weighted by molar-refractivity contribution is 0.598. The Morgan fingerprint density at radius 3 is 2.67 bits per heavy atom. The highest BCUT2D eigenvalue weighted by Gasteiger charge is 2.09. The van der Waals surface area contributed by atoms with Gasteiger partial charge in [-0.05, 0) is 43.0 Å². The summed E-state index contributed by atoms with van der Waals surface area (Å²) in [6.45, 7) is 0.763. The molecule has 1 aromatic carbocycles. The monoisotopic (exact) mass is 289 g/mol. The van der Waals surface area contributed by atoms with Crippen molar-refractivity contribution in [3.05, 3.63) is 18.2 Å². The number of thioether (sulfide) groups is 1. The van der Waals surface area contributed by atoms with Gasteiger partial charge in [-0.15, -0.1) is 0 Å². The second-order valence-electron chi connectivity index (χ2n) is 3.92. The summed E-state index contributed by atoms with van der Waals surface area (Å²) in [6, 6.07) is 4.42. The maximum atomic E-state index is 11.2. The molecule has 0 spiro atoms. The van der Waals surface area contributed by atoms with Crippen LogP contribution in [0.15, 0.2) is 23.1 Å². The first-order valence-electron chi connectivity index (χ1n) is 5.60. The van der Waals surface area contributed by atoms with Crippen molar-refractivity contribution in [2.45, 2.75) is 17.7 Å². The quantitative estimate of drug-likeness (QED) is 0.521. The van der Waals surface area contributed by atoms with Crippen molar-refractivity contribution in [3.63, 3.8) is 0 Å². The Morgan fingerprint density at radius 2 is 2.06 bits per heavy atom. The Balaban J connectivity index is 2.65. The molecule has 0 saturated carbocycles. The first-order valence-corrected chi connectivity index (χ1v) is 8.54. The highest BCUT2D eigenvalue weighted by molar-refractivity contribution is 7.98. The number of rotatable bonds is 7. The van der Waals surface area contributed by atoms with Gasteiger partial charge in [-0.25, -0.2) is 13.6 Å². The van der Waals surface area contributed by atoms with Crippen LogP contribution in [0.3, 0.4) is 0 Å². The summed E-state index contributed by atoms with van der Waals surface area (Å²) in [7, 11) is -3.68. The van der Waals surface area contributed by atoms with Gasteiger partial charge in [0.25, 0.3) is 0 Å². The predicted octanol–water partition coefficient (Wildman–Crippen LogP) is 1.47. The van der Waals surface area contributed by atoms with Crippen molar-refractivity contribution >= 4 is 33.2 Å². The molecule has 0 radical (unpaired) electrons. The topological polar surface area (TPSA) is 98.2 Å². The predicted molar refractivity (Wildman–Crippen MR) is 78.3 cm³/mol. The molecule has 0 heterocycles. The molecule has 0 bridgehead atoms. The number of benzene rings is 1. The van der Waals surface area contributed by atoms with E-state index in [0.29, 0.717) is 11.4 Å². The van der Waals surface area contributed by atoms with E-state index in [4.69, 9.17) is 10.9 Å². The van der Waals surface area contributed by atoms with E-state index in [1.54, 1.807) is 6.07 Å². The van der Waals surface area contributed by atoms with Crippen molar-refractivity contribution in [1.29, 1.82) is 0 Å². The number of sulfonamides is 1. The van der Waals surface area contributed by atoms with E-state index in [0.717, 1.165) is 25.1 Å². The summed E-state index contributed by atoms with van der Waals surface area (Å²) in [5.74, 6) is 1.12. The normalized spacial score (nSPS) is 11.4. The van der Waals surface area contributed by atoms with Crippen LogP contribution in [0, 0.1) is 0 Å². The van der Waals surface area contributed by atoms with Gasteiger partial charge in [-0.3, -0.25) is 0 Å². The van der Waals surface area contributed by atoms with Crippen molar-refractivity contribution < 1.29 is 8.42 Å². The molecule has 0 fully saturated rings. The Bertz CT molecular complexity index is 489. The van der Waals surface area contributed by atoms with E-state index in [9.17, 15) is 8.42 Å². The number of nitrogens with two attached hydrogens (primary N) is 2. The van der Waals surface area contributed by atoms with E-state index >= 15 is 0 Å². The fourth-order valence-electron chi connectivity index (χ4n) is 1.46. The number of unbranched alkanes of at least 4 members (excludes halogenated alkanes) is 1. The van der Waals surface area contributed by atoms with Gasteiger partial charge in [0.1, 0.15) is 0 Å². The molecule has 0 amide bonds. The van der Waals surface area contributed by atoms with Gasteiger partial charge >= 0.3 is 0 Å². The third-order valence-electron chi connectivity index (χ3n) is 2.44. The van der Waals surface area contributed by atoms with Gasteiger partial charge in [0.15, 0.2) is 0 Å². The number of hydrogen-bond acceptors (Lipinski definition) is 5. The molecule has 7 heteroatoms. The van der Waals surface area contributed by atoms with Crippen molar-refractivity contribution in [2.24, 2.45) is 5.14 Å². The van der Waals surface area contributed by atoms with Crippen LogP contribution in [0.4, 0.5) is 11.4 Å². The lowest BCUT2D eigenvalue weighted by Crippen LogP contribution is -2.13. The summed E-state index contributed by atoms with van der Waals surface area (Å²) in [4.78, 5) is 0.0725. The largest absolute Gasteiger partial charge is 0.397 e. The van der Waals surface area contributed by atoms with Crippen LogP contribution in [0.5, 0.6) is 0 Å². The van der Waals surface area contributed by atoms with Crippen LogP contribution in [-0.2, 0) is 10.0 Å². The Morgan fingerprint density at radius 1 is 1.33 bits per heavy atom. The fourth-order valence-corrected chi connectivity index (χ4v) is 2.49. The zero-order chi connectivity index (χ0) is 13.6. The molecule has 0 unspecified atom stereocenters. The molecule has 0 aliphatic carbocycles. The number of primary sulfonamides is 1. The second kappa shape index (κ2) is 6.86. The Labute approximate surface area is 112 Å². The maximum Gasteiger partial charge on any atom is 0.238 e. The third-order valence-corrected chi connectivity index (χ3v) is 4.05. The highest BCUT2D eigenvalue weighted by atomic mass is 32.2. The highest BCUT2D eigenvalue weighted by Crippen LogP contribution is 2.22. The molecule has 102 valence electrons. The third kappa shape index (κ3) is 4.75. The molecular weight excluding hydrogens is 270 g/mol. The number of hydrogen-bond donors (Lipinski definition) is 3. The molecular formula is C11H19N3O2S2. The molecule has 1 aromatic rings. The van der Waals surface area contributed by atoms with Gasteiger partial charge < -0.3 is 11.1 Å². The lowest BCUT2D eigenvalue weighted by atomic mass is 10.2. The van der Waals surface area contributed by atoms with Crippen LogP contribution in [0.25, 0.3) is 0 Å². The first-order chi connectivity index (χ1) is 8.45. The number of nitrogens with one attached hydrogen (secondary N) is 1. The zero-order valence-electron chi connectivity index (χ0n) is 10.3. The summed E-state index contributed by atoms with van der Waals surface area (Å²) < 4.78 is 22.4. The van der Waals surface area contributed by atoms with Gasteiger partial charge in [0, 0.05) is 6.54 Å². The summed E-state index contributed by atoms with van der Waals surface area (Å²) in [5.41, 5.74) is 6.91. The molecule has 1 rings (SSSR count). The average Bonchev–Trinajstić information content (AvgIpc) is 2.29. The van der Waals surface area contributed by atoms with Gasteiger partial charge in [-0.2, -0.15) is 11.8 Å². The summed E-state index contributed by atoms with van der Waals surface area (Å²) >= 11 is 1.81. The standard InChI is InChI=1S/C11H19N3O2S2/c1-17-7-3-2-6-14-11-8-9(18(13,15)16)4-5-10(11)12/h4-5,8,14H,2-3,6-7,12H2,1H3,(H2,13,15,16). The molecule has 5 nitrogen and oxygen atoms in total.